The molecule has 6 heteroatoms. The molecule has 2 rings (SSSR count). The average molecular weight is 451 g/mol. The number of nitrogens with one attached hydrogen (secondary N) is 2. The number of hydrogen-bond acceptors (Lipinski definition) is 3. The van der Waals surface area contributed by atoms with Gasteiger partial charge < -0.3 is 15.5 Å². The van der Waals surface area contributed by atoms with Crippen molar-refractivity contribution in [2.45, 2.75) is 52.0 Å². The molecular weight excluding hydrogens is 413 g/mol. The summed E-state index contributed by atoms with van der Waals surface area (Å²) >= 11 is 0. The van der Waals surface area contributed by atoms with Crippen molar-refractivity contribution in [3.05, 3.63) is 0 Å². The SMILES string of the molecule is CCNC(=NCC1CCCN1CC)NCCC1CCN(C)CC1.I. The minimum absolute atomic E-state index is 0. The molecule has 1 unspecified atom stereocenters. The summed E-state index contributed by atoms with van der Waals surface area (Å²) in [5.74, 6) is 1.88. The Balaban J connectivity index is 0.00000288. The van der Waals surface area contributed by atoms with Crippen molar-refractivity contribution in [2.75, 3.05) is 52.9 Å². The first-order chi connectivity index (χ1) is 11.2. The second-order valence-corrected chi connectivity index (χ2v) is 7.11. The Morgan fingerprint density at radius 3 is 2.50 bits per heavy atom. The largest absolute Gasteiger partial charge is 0.357 e. The van der Waals surface area contributed by atoms with Crippen molar-refractivity contribution in [2.24, 2.45) is 10.9 Å². The van der Waals surface area contributed by atoms with Gasteiger partial charge in [0, 0.05) is 19.1 Å². The van der Waals surface area contributed by atoms with Crippen LogP contribution in [-0.4, -0.2) is 74.7 Å². The van der Waals surface area contributed by atoms with Crippen LogP contribution in [0, 0.1) is 5.92 Å². The number of hydrogen-bond donors (Lipinski definition) is 2. The van der Waals surface area contributed by atoms with Crippen LogP contribution in [0.5, 0.6) is 0 Å². The van der Waals surface area contributed by atoms with Crippen LogP contribution in [-0.2, 0) is 0 Å². The summed E-state index contributed by atoms with van der Waals surface area (Å²) in [7, 11) is 2.23. The van der Waals surface area contributed by atoms with Crippen LogP contribution in [0.3, 0.4) is 0 Å². The van der Waals surface area contributed by atoms with Crippen molar-refractivity contribution < 1.29 is 0 Å². The minimum Gasteiger partial charge on any atom is -0.357 e. The molecule has 0 amide bonds. The number of likely N-dealkylation sites (N-methyl/N-ethyl adjacent to an activating group) is 1. The van der Waals surface area contributed by atoms with Crippen LogP contribution in [0.2, 0.25) is 0 Å². The minimum atomic E-state index is 0. The molecule has 2 N–H and O–H groups in total. The monoisotopic (exact) mass is 451 g/mol. The number of piperidine rings is 1. The normalized spacial score (nSPS) is 24.0. The van der Waals surface area contributed by atoms with E-state index in [1.54, 1.807) is 0 Å². The maximum atomic E-state index is 4.83. The Morgan fingerprint density at radius 1 is 1.08 bits per heavy atom. The number of rotatable bonds is 7. The van der Waals surface area contributed by atoms with Crippen LogP contribution >= 0.6 is 24.0 Å². The first-order valence-corrected chi connectivity index (χ1v) is 9.67. The molecule has 0 saturated carbocycles. The smallest absolute Gasteiger partial charge is 0.191 e. The molecule has 2 saturated heterocycles. The molecule has 2 fully saturated rings. The molecule has 0 aromatic heterocycles. The molecule has 1 atom stereocenters. The van der Waals surface area contributed by atoms with Gasteiger partial charge in [-0.05, 0) is 78.2 Å². The van der Waals surface area contributed by atoms with Gasteiger partial charge in [-0.15, -0.1) is 24.0 Å². The van der Waals surface area contributed by atoms with Gasteiger partial charge in [0.05, 0.1) is 6.54 Å². The van der Waals surface area contributed by atoms with Gasteiger partial charge in [0.15, 0.2) is 5.96 Å². The summed E-state index contributed by atoms with van der Waals surface area (Å²) in [5, 5.41) is 6.94. The number of nitrogens with zero attached hydrogens (tertiary/aromatic N) is 3. The van der Waals surface area contributed by atoms with Gasteiger partial charge in [0.25, 0.3) is 0 Å². The number of halogens is 1. The van der Waals surface area contributed by atoms with Crippen molar-refractivity contribution in [1.82, 2.24) is 20.4 Å². The fourth-order valence-corrected chi connectivity index (χ4v) is 3.80. The number of aliphatic imine (C=N–C) groups is 1. The highest BCUT2D eigenvalue weighted by Crippen LogP contribution is 2.19. The zero-order valence-corrected chi connectivity index (χ0v) is 18.2. The molecule has 2 heterocycles. The highest BCUT2D eigenvalue weighted by Gasteiger charge is 2.22. The Bertz CT molecular complexity index is 355. The van der Waals surface area contributed by atoms with E-state index < -0.39 is 0 Å². The molecule has 24 heavy (non-hydrogen) atoms. The third kappa shape index (κ3) is 7.44. The highest BCUT2D eigenvalue weighted by molar-refractivity contribution is 14.0. The Labute approximate surface area is 166 Å². The summed E-state index contributed by atoms with van der Waals surface area (Å²) in [6.45, 7) is 12.2. The van der Waals surface area contributed by atoms with E-state index in [0.29, 0.717) is 6.04 Å². The maximum Gasteiger partial charge on any atom is 0.191 e. The van der Waals surface area contributed by atoms with E-state index in [4.69, 9.17) is 4.99 Å². The molecule has 0 aromatic carbocycles. The predicted octanol–water partition coefficient (Wildman–Crippen LogP) is 2.38. The molecular formula is C18H38IN5. The van der Waals surface area contributed by atoms with E-state index in [2.05, 4.69) is 41.3 Å². The molecule has 0 radical (unpaired) electrons. The highest BCUT2D eigenvalue weighted by atomic mass is 127. The Hall–Kier alpha value is -0.0800. The fraction of sp³-hybridized carbons (Fsp3) is 0.944. The van der Waals surface area contributed by atoms with Crippen LogP contribution in [0.15, 0.2) is 4.99 Å². The van der Waals surface area contributed by atoms with Gasteiger partial charge in [-0.2, -0.15) is 0 Å². The summed E-state index contributed by atoms with van der Waals surface area (Å²) in [4.78, 5) is 9.84. The molecule has 0 aromatic rings. The lowest BCUT2D eigenvalue weighted by atomic mass is 9.94. The lowest BCUT2D eigenvalue weighted by molar-refractivity contribution is 0.213. The van der Waals surface area contributed by atoms with E-state index in [1.807, 2.05) is 0 Å². The maximum absolute atomic E-state index is 4.83. The Kier molecular flexibility index (Phi) is 11.3. The predicted molar refractivity (Wildman–Crippen MR) is 115 cm³/mol. The van der Waals surface area contributed by atoms with Crippen LogP contribution in [0.25, 0.3) is 0 Å². The third-order valence-electron chi connectivity index (χ3n) is 5.39. The standard InChI is InChI=1S/C18H37N5.HI/c1-4-19-18(21-15-17-7-6-12-23(17)5-2)20-11-8-16-9-13-22(3)14-10-16;/h16-17H,4-15H2,1-3H3,(H2,19,20,21);1H. The van der Waals surface area contributed by atoms with Crippen molar-refractivity contribution >= 4 is 29.9 Å². The molecule has 142 valence electrons. The van der Waals surface area contributed by atoms with E-state index >= 15 is 0 Å². The zero-order valence-electron chi connectivity index (χ0n) is 15.9. The van der Waals surface area contributed by atoms with Gasteiger partial charge >= 0.3 is 0 Å². The van der Waals surface area contributed by atoms with Crippen LogP contribution in [0.1, 0.15) is 46.0 Å². The quantitative estimate of drug-likeness (QED) is 0.355. The van der Waals surface area contributed by atoms with Gasteiger partial charge in [-0.25, -0.2) is 0 Å². The van der Waals surface area contributed by atoms with E-state index in [0.717, 1.165) is 38.1 Å². The summed E-state index contributed by atoms with van der Waals surface area (Å²) in [6, 6.07) is 0.643. The van der Waals surface area contributed by atoms with Crippen molar-refractivity contribution in [1.29, 1.82) is 0 Å². The van der Waals surface area contributed by atoms with Gasteiger partial charge in [-0.3, -0.25) is 9.89 Å². The van der Waals surface area contributed by atoms with Gasteiger partial charge in [-0.1, -0.05) is 6.92 Å². The lowest BCUT2D eigenvalue weighted by Crippen LogP contribution is -2.40. The average Bonchev–Trinajstić information content (AvgIpc) is 3.02. The zero-order chi connectivity index (χ0) is 16.5. The fourth-order valence-electron chi connectivity index (χ4n) is 3.80. The third-order valence-corrected chi connectivity index (χ3v) is 5.39. The first-order valence-electron chi connectivity index (χ1n) is 9.67. The van der Waals surface area contributed by atoms with Crippen molar-refractivity contribution in [3.63, 3.8) is 0 Å². The number of guanidine groups is 1. The van der Waals surface area contributed by atoms with Crippen molar-refractivity contribution in [3.8, 4) is 0 Å². The summed E-state index contributed by atoms with van der Waals surface area (Å²) < 4.78 is 0. The molecule has 2 aliphatic rings. The van der Waals surface area contributed by atoms with Crippen LogP contribution < -0.4 is 10.6 Å². The molecule has 5 nitrogen and oxygen atoms in total. The van der Waals surface area contributed by atoms with Gasteiger partial charge in [0.2, 0.25) is 0 Å². The second-order valence-electron chi connectivity index (χ2n) is 7.11. The summed E-state index contributed by atoms with van der Waals surface area (Å²) in [5.41, 5.74) is 0. The number of likely N-dealkylation sites (tertiary alicyclic amines) is 2. The molecule has 0 bridgehead atoms. The van der Waals surface area contributed by atoms with E-state index in [-0.39, 0.29) is 24.0 Å². The van der Waals surface area contributed by atoms with Crippen LogP contribution in [0.4, 0.5) is 0 Å². The molecule has 2 aliphatic heterocycles. The molecule has 0 spiro atoms. The summed E-state index contributed by atoms with van der Waals surface area (Å²) in [6.07, 6.45) is 6.59. The topological polar surface area (TPSA) is 42.9 Å². The van der Waals surface area contributed by atoms with E-state index in [9.17, 15) is 0 Å². The van der Waals surface area contributed by atoms with Gasteiger partial charge in [0.1, 0.15) is 0 Å². The lowest BCUT2D eigenvalue weighted by Gasteiger charge is -2.29. The van der Waals surface area contributed by atoms with E-state index in [1.165, 1.54) is 51.7 Å². The second kappa shape index (κ2) is 12.3. The Morgan fingerprint density at radius 2 is 1.83 bits per heavy atom. The molecule has 0 aliphatic carbocycles. The first kappa shape index (κ1) is 22.0.